The summed E-state index contributed by atoms with van der Waals surface area (Å²) in [5.74, 6) is 0. The Morgan fingerprint density at radius 2 is 1.89 bits per heavy atom. The zero-order valence-corrected chi connectivity index (χ0v) is 5.86. The molecular weight excluding hydrogens is 148 g/mol. The summed E-state index contributed by atoms with van der Waals surface area (Å²) < 4.78 is 28.8. The molecule has 0 fully saturated rings. The Balaban J connectivity index is 0. The highest BCUT2D eigenvalue weighted by Crippen LogP contribution is 1.79. The Morgan fingerprint density at radius 1 is 1.56 bits per heavy atom. The summed E-state index contributed by atoms with van der Waals surface area (Å²) in [6.45, 7) is 0. The Kier molecular flexibility index (Phi) is 4.20. The lowest BCUT2D eigenvalue weighted by Gasteiger charge is -2.01. The maximum absolute atomic E-state index is 9.82. The van der Waals surface area contributed by atoms with Gasteiger partial charge in [0.15, 0.2) is 10.1 Å². The van der Waals surface area contributed by atoms with Gasteiger partial charge in [0.1, 0.15) is 0 Å². The van der Waals surface area contributed by atoms with E-state index in [1.165, 1.54) is 0 Å². The van der Waals surface area contributed by atoms with Crippen molar-refractivity contribution in [1.82, 2.24) is 11.5 Å². The quantitative estimate of drug-likeness (QED) is 0.447. The first-order valence-corrected chi connectivity index (χ1v) is 3.07. The zero-order chi connectivity index (χ0) is 6.78. The first kappa shape index (κ1) is 11.2. The van der Waals surface area contributed by atoms with Crippen LogP contribution < -0.4 is 11.5 Å². The minimum atomic E-state index is -4.75. The normalized spacial score (nSPS) is 9.56. The highest BCUT2D eigenvalue weighted by atomic mass is 32.2. The highest BCUT2D eigenvalue weighted by molar-refractivity contribution is 8.01. The van der Waals surface area contributed by atoms with E-state index in [2.05, 4.69) is 0 Å². The molecule has 0 aromatic rings. The molecular formula is C2H8N2O4S. The molecule has 0 aliphatic carbocycles. The predicted molar refractivity (Wildman–Crippen MR) is 30.1 cm³/mol. The zero-order valence-electron chi connectivity index (χ0n) is 5.04. The summed E-state index contributed by atoms with van der Waals surface area (Å²) in [7, 11) is -3.69. The molecule has 0 aliphatic rings. The van der Waals surface area contributed by atoms with Gasteiger partial charge in [-0.1, -0.05) is 0 Å². The number of amides is 1. The van der Waals surface area contributed by atoms with E-state index in [-0.39, 0.29) is 6.15 Å². The highest BCUT2D eigenvalue weighted by Gasteiger charge is 2.03. The van der Waals surface area contributed by atoms with Gasteiger partial charge in [0.05, 0.1) is 0 Å². The van der Waals surface area contributed by atoms with Crippen molar-refractivity contribution in [3.63, 3.8) is 0 Å². The van der Waals surface area contributed by atoms with Crippen LogP contribution in [0.25, 0.3) is 0 Å². The summed E-state index contributed by atoms with van der Waals surface area (Å²) in [5.41, 5.74) is 0. The predicted octanol–water partition coefficient (Wildman–Crippen LogP) is -0.753. The second-order valence-electron chi connectivity index (χ2n) is 0.992. The van der Waals surface area contributed by atoms with Gasteiger partial charge in [0.25, 0.3) is 0 Å². The van der Waals surface area contributed by atoms with E-state index in [1.807, 2.05) is 0 Å². The van der Waals surface area contributed by atoms with E-state index < -0.39 is 15.4 Å². The lowest BCUT2D eigenvalue weighted by atomic mass is 11.2. The van der Waals surface area contributed by atoms with Crippen molar-refractivity contribution >= 4 is 15.4 Å². The Labute approximate surface area is 52.6 Å². The van der Waals surface area contributed by atoms with Crippen molar-refractivity contribution in [2.24, 2.45) is 0 Å². The van der Waals surface area contributed by atoms with Crippen LogP contribution in [0, 0.1) is 0 Å². The van der Waals surface area contributed by atoms with E-state index in [0.29, 0.717) is 0 Å². The second-order valence-corrected chi connectivity index (χ2v) is 2.27. The number of rotatable bonds is 0. The third kappa shape index (κ3) is 3.88. The maximum Gasteiger partial charge on any atom is 0.323 e. The molecule has 0 saturated heterocycles. The molecule has 0 spiro atoms. The molecule has 0 rings (SSSR count). The van der Waals surface area contributed by atoms with Gasteiger partial charge in [-0.25, -0.2) is 8.42 Å². The first-order chi connectivity index (χ1) is 3.48. The van der Waals surface area contributed by atoms with Crippen LogP contribution in [0.2, 0.25) is 0 Å². The molecule has 0 atom stereocenters. The number of hydrogen-bond donors (Lipinski definition) is 2. The Morgan fingerprint density at radius 3 is 1.89 bits per heavy atom. The van der Waals surface area contributed by atoms with Gasteiger partial charge in [-0.3, -0.25) is 4.79 Å². The standard InChI is InChI=1S/C2H5NO4S.H3N/c1-3-2(4)8(5,6)7;/h1H3,(H,3,4)(H,5,6,7);1H3. The van der Waals surface area contributed by atoms with Gasteiger partial charge in [0, 0.05) is 7.05 Å². The fourth-order valence-electron chi connectivity index (χ4n) is 0.125. The topological polar surface area (TPSA) is 123 Å². The van der Waals surface area contributed by atoms with Crippen LogP contribution in [0.3, 0.4) is 0 Å². The van der Waals surface area contributed by atoms with Gasteiger partial charge in [-0.2, -0.15) is 0 Å². The molecule has 0 saturated carbocycles. The number of quaternary nitrogens is 1. The van der Waals surface area contributed by atoms with Crippen LogP contribution in [-0.4, -0.2) is 25.3 Å². The van der Waals surface area contributed by atoms with E-state index >= 15 is 0 Å². The average molecular weight is 156 g/mol. The number of carbonyl (C=O) groups is 1. The van der Waals surface area contributed by atoms with Crippen LogP contribution >= 0.6 is 0 Å². The van der Waals surface area contributed by atoms with Gasteiger partial charge in [-0.15, -0.1) is 0 Å². The van der Waals surface area contributed by atoms with Gasteiger partial charge in [0.2, 0.25) is 0 Å². The molecule has 7 heteroatoms. The van der Waals surface area contributed by atoms with Crippen LogP contribution in [0.15, 0.2) is 0 Å². The minimum Gasteiger partial charge on any atom is -0.740 e. The Bertz CT molecular complexity index is 183. The summed E-state index contributed by atoms with van der Waals surface area (Å²) in [5, 5.41) is 0.163. The van der Waals surface area contributed by atoms with Crippen molar-refractivity contribution in [3.05, 3.63) is 0 Å². The summed E-state index contributed by atoms with van der Waals surface area (Å²) in [4.78, 5) is 9.82. The molecule has 0 aliphatic heterocycles. The number of carbonyl (C=O) groups excluding carboxylic acids is 1. The lowest BCUT2D eigenvalue weighted by Crippen LogP contribution is -2.25. The molecule has 0 heterocycles. The summed E-state index contributed by atoms with van der Waals surface area (Å²) >= 11 is 0. The molecule has 0 aromatic heterocycles. The molecule has 0 aromatic carbocycles. The van der Waals surface area contributed by atoms with Crippen molar-refractivity contribution in [2.75, 3.05) is 7.05 Å². The fraction of sp³-hybridized carbons (Fsp3) is 0.500. The molecule has 6 nitrogen and oxygen atoms in total. The van der Waals surface area contributed by atoms with Crippen LogP contribution in [0.4, 0.5) is 4.79 Å². The largest absolute Gasteiger partial charge is 0.740 e. The van der Waals surface area contributed by atoms with Crippen LogP contribution in [-0.2, 0) is 10.1 Å². The second kappa shape index (κ2) is 3.38. The Hall–Kier alpha value is -0.660. The average Bonchev–Trinajstić information content (AvgIpc) is 1.62. The molecule has 56 valence electrons. The third-order valence-corrected chi connectivity index (χ3v) is 1.09. The minimum absolute atomic E-state index is 0. The smallest absolute Gasteiger partial charge is 0.323 e. The van der Waals surface area contributed by atoms with E-state index in [4.69, 9.17) is 0 Å². The van der Waals surface area contributed by atoms with Crippen molar-refractivity contribution in [1.29, 1.82) is 0 Å². The number of hydrogen-bond acceptors (Lipinski definition) is 4. The van der Waals surface area contributed by atoms with Gasteiger partial charge >= 0.3 is 5.24 Å². The lowest BCUT2D eigenvalue weighted by molar-refractivity contribution is 0.257. The third-order valence-electron chi connectivity index (χ3n) is 0.431. The van der Waals surface area contributed by atoms with E-state index in [1.54, 1.807) is 5.32 Å². The molecule has 9 heavy (non-hydrogen) atoms. The first-order valence-electron chi connectivity index (χ1n) is 1.66. The van der Waals surface area contributed by atoms with Gasteiger partial charge < -0.3 is 16.0 Å². The monoisotopic (exact) mass is 156 g/mol. The van der Waals surface area contributed by atoms with E-state index in [0.717, 1.165) is 7.05 Å². The fourth-order valence-corrected chi connectivity index (χ4v) is 0.375. The van der Waals surface area contributed by atoms with Crippen molar-refractivity contribution < 1.29 is 17.8 Å². The van der Waals surface area contributed by atoms with Crippen molar-refractivity contribution in [3.8, 4) is 0 Å². The summed E-state index contributed by atoms with van der Waals surface area (Å²) in [6, 6.07) is 0. The summed E-state index contributed by atoms with van der Waals surface area (Å²) in [6.07, 6.45) is 0. The maximum atomic E-state index is 9.82. The van der Waals surface area contributed by atoms with Crippen LogP contribution in [0.5, 0.6) is 0 Å². The molecule has 0 unspecified atom stereocenters. The molecule has 0 bridgehead atoms. The SMILES string of the molecule is CNC(=O)S(=O)(=O)[O-].[NH4+]. The molecule has 0 radical (unpaired) electrons. The molecule has 1 amide bonds. The van der Waals surface area contributed by atoms with Crippen molar-refractivity contribution in [2.45, 2.75) is 0 Å². The van der Waals surface area contributed by atoms with E-state index in [9.17, 15) is 17.8 Å². The molecule has 5 N–H and O–H groups in total. The van der Waals surface area contributed by atoms with Crippen LogP contribution in [0.1, 0.15) is 0 Å². The van der Waals surface area contributed by atoms with Gasteiger partial charge in [-0.05, 0) is 0 Å². The number of nitrogens with one attached hydrogen (secondary N) is 1.